The molecule has 29 heavy (non-hydrogen) atoms. The molecule has 0 unspecified atom stereocenters. The lowest BCUT2D eigenvalue weighted by atomic mass is 10.1. The van der Waals surface area contributed by atoms with E-state index in [4.69, 9.17) is 18.9 Å². The fourth-order valence-electron chi connectivity index (χ4n) is 2.09. The summed E-state index contributed by atoms with van der Waals surface area (Å²) in [5, 5.41) is 0. The maximum atomic E-state index is 11.6. The monoisotopic (exact) mass is 418 g/mol. The van der Waals surface area contributed by atoms with Crippen molar-refractivity contribution in [3.05, 3.63) is 0 Å². The van der Waals surface area contributed by atoms with Crippen LogP contribution in [0.2, 0.25) is 0 Å². The second-order valence-corrected chi connectivity index (χ2v) is 8.82. The van der Waals surface area contributed by atoms with Gasteiger partial charge in [0.15, 0.2) is 0 Å². The molecule has 0 fully saturated rings. The van der Waals surface area contributed by atoms with Gasteiger partial charge in [0.25, 0.3) is 0 Å². The van der Waals surface area contributed by atoms with Gasteiger partial charge in [0.1, 0.15) is 5.78 Å². The summed E-state index contributed by atoms with van der Waals surface area (Å²) in [6.07, 6.45) is 4.76. The molecule has 0 saturated heterocycles. The Balaban J connectivity index is 0. The first-order chi connectivity index (χ1) is 13.6. The molecule has 0 N–H and O–H groups in total. The predicted molar refractivity (Wildman–Crippen MR) is 122 cm³/mol. The first kappa shape index (κ1) is 30.7. The molecule has 0 aliphatic heterocycles. The molecule has 5 heteroatoms. The Morgan fingerprint density at radius 1 is 0.586 bits per heavy atom. The van der Waals surface area contributed by atoms with Crippen molar-refractivity contribution in [3.63, 3.8) is 0 Å². The molecule has 0 aromatic rings. The second kappa shape index (κ2) is 22.2. The maximum Gasteiger partial charge on any atom is 0.135 e. The van der Waals surface area contributed by atoms with Crippen LogP contribution < -0.4 is 0 Å². The fourth-order valence-corrected chi connectivity index (χ4v) is 2.09. The first-order valence-electron chi connectivity index (χ1n) is 11.5. The summed E-state index contributed by atoms with van der Waals surface area (Å²) < 4.78 is 21.5. The van der Waals surface area contributed by atoms with Crippen LogP contribution in [0.15, 0.2) is 0 Å². The molecule has 0 atom stereocenters. The Kier molecular flexibility index (Phi) is 23.5. The Bertz CT molecular complexity index is 332. The molecule has 0 radical (unpaired) electrons. The first-order valence-corrected chi connectivity index (χ1v) is 11.5. The number of rotatable bonds is 18. The second-order valence-electron chi connectivity index (χ2n) is 8.82. The average molecular weight is 419 g/mol. The third kappa shape index (κ3) is 32.4. The molecule has 0 aromatic heterocycles. The van der Waals surface area contributed by atoms with E-state index in [2.05, 4.69) is 41.5 Å². The van der Waals surface area contributed by atoms with E-state index >= 15 is 0 Å². The van der Waals surface area contributed by atoms with Crippen molar-refractivity contribution in [2.24, 2.45) is 11.8 Å². The molecular weight excluding hydrogens is 368 g/mol. The molecule has 0 bridgehead atoms. The number of carbonyl (C=O) groups is 1. The van der Waals surface area contributed by atoms with E-state index in [1.165, 1.54) is 6.42 Å². The van der Waals surface area contributed by atoms with Gasteiger partial charge in [-0.15, -0.1) is 0 Å². The highest BCUT2D eigenvalue weighted by atomic mass is 16.5. The highest BCUT2D eigenvalue weighted by molar-refractivity contribution is 5.78. The summed E-state index contributed by atoms with van der Waals surface area (Å²) in [4.78, 5) is 11.6. The van der Waals surface area contributed by atoms with Gasteiger partial charge in [0.05, 0.1) is 32.0 Å². The normalized spacial score (nSPS) is 11.4. The van der Waals surface area contributed by atoms with E-state index in [0.29, 0.717) is 51.3 Å². The van der Waals surface area contributed by atoms with Crippen LogP contribution in [-0.2, 0) is 23.7 Å². The Hall–Kier alpha value is -0.490. The molecule has 0 heterocycles. The number of Topliss-reactive ketones (excluding diaryl/α,β-unsaturated/α-hetero) is 1. The van der Waals surface area contributed by atoms with Gasteiger partial charge in [-0.25, -0.2) is 0 Å². The van der Waals surface area contributed by atoms with Crippen LogP contribution in [-0.4, -0.2) is 57.6 Å². The Morgan fingerprint density at radius 2 is 1.10 bits per heavy atom. The zero-order valence-corrected chi connectivity index (χ0v) is 20.6. The third-order valence-corrected chi connectivity index (χ3v) is 3.93. The van der Waals surface area contributed by atoms with Crippen molar-refractivity contribution in [3.8, 4) is 0 Å². The van der Waals surface area contributed by atoms with E-state index in [9.17, 15) is 4.79 Å². The van der Waals surface area contributed by atoms with Crippen molar-refractivity contribution < 1.29 is 23.7 Å². The molecule has 0 aromatic carbocycles. The van der Waals surface area contributed by atoms with E-state index in [1.807, 2.05) is 13.8 Å². The van der Waals surface area contributed by atoms with Gasteiger partial charge in [-0.05, 0) is 58.8 Å². The molecule has 0 spiro atoms. The SMILES string of the molecule is CC(C)CCOC(C)C.CC(C)CCOCCC(=O)CCCOCCOC(C)C. The van der Waals surface area contributed by atoms with Crippen molar-refractivity contribution in [1.82, 2.24) is 0 Å². The van der Waals surface area contributed by atoms with Gasteiger partial charge in [-0.1, -0.05) is 27.7 Å². The zero-order valence-electron chi connectivity index (χ0n) is 20.6. The minimum atomic E-state index is 0.246. The molecular formula is C24H50O5. The Morgan fingerprint density at radius 3 is 1.66 bits per heavy atom. The van der Waals surface area contributed by atoms with Gasteiger partial charge in [-0.3, -0.25) is 4.79 Å². The van der Waals surface area contributed by atoms with Crippen LogP contribution in [0.1, 0.15) is 87.5 Å². The summed E-state index contributed by atoms with van der Waals surface area (Å²) in [6, 6.07) is 0. The van der Waals surface area contributed by atoms with Crippen LogP contribution in [0.4, 0.5) is 0 Å². The summed E-state index contributed by atoms with van der Waals surface area (Å²) in [6.45, 7) is 21.0. The average Bonchev–Trinajstić information content (AvgIpc) is 2.60. The van der Waals surface area contributed by atoms with E-state index < -0.39 is 0 Å². The van der Waals surface area contributed by atoms with Gasteiger partial charge in [-0.2, -0.15) is 0 Å². The van der Waals surface area contributed by atoms with E-state index in [-0.39, 0.29) is 11.9 Å². The molecule has 5 nitrogen and oxygen atoms in total. The smallest absolute Gasteiger partial charge is 0.135 e. The standard InChI is InChI=1S/C16H32O4.C8H18O/c1-14(2)7-10-19-11-8-16(17)6-5-9-18-12-13-20-15(3)4;1-7(2)5-6-9-8(3)4/h14-15H,5-13H2,1-4H3;7-8H,5-6H2,1-4H3. The molecule has 0 rings (SSSR count). The summed E-state index contributed by atoms with van der Waals surface area (Å²) in [5.41, 5.74) is 0. The fraction of sp³-hybridized carbons (Fsp3) is 0.958. The van der Waals surface area contributed by atoms with Gasteiger partial charge >= 0.3 is 0 Å². The topological polar surface area (TPSA) is 54.0 Å². The number of ether oxygens (including phenoxy) is 4. The number of ketones is 1. The van der Waals surface area contributed by atoms with Gasteiger partial charge in [0.2, 0.25) is 0 Å². The summed E-state index contributed by atoms with van der Waals surface area (Å²) in [7, 11) is 0. The van der Waals surface area contributed by atoms with Gasteiger partial charge < -0.3 is 18.9 Å². The largest absolute Gasteiger partial charge is 0.381 e. The van der Waals surface area contributed by atoms with Crippen LogP contribution in [0.3, 0.4) is 0 Å². The highest BCUT2D eigenvalue weighted by Crippen LogP contribution is 2.01. The van der Waals surface area contributed by atoms with Crippen LogP contribution in [0.5, 0.6) is 0 Å². The third-order valence-electron chi connectivity index (χ3n) is 3.93. The molecule has 0 amide bonds. The Labute approximate surface area is 181 Å². The minimum absolute atomic E-state index is 0.246. The summed E-state index contributed by atoms with van der Waals surface area (Å²) >= 11 is 0. The van der Waals surface area contributed by atoms with E-state index in [0.717, 1.165) is 32.0 Å². The number of hydrogen-bond acceptors (Lipinski definition) is 5. The lowest BCUT2D eigenvalue weighted by Gasteiger charge is -2.08. The predicted octanol–water partition coefficient (Wildman–Crippen LogP) is 5.69. The summed E-state index contributed by atoms with van der Waals surface area (Å²) in [5.74, 6) is 1.68. The van der Waals surface area contributed by atoms with Crippen LogP contribution in [0, 0.1) is 11.8 Å². The highest BCUT2D eigenvalue weighted by Gasteiger charge is 2.02. The quantitative estimate of drug-likeness (QED) is 0.268. The number of hydrogen-bond donors (Lipinski definition) is 0. The van der Waals surface area contributed by atoms with E-state index in [1.54, 1.807) is 0 Å². The van der Waals surface area contributed by atoms with Gasteiger partial charge in [0, 0.05) is 32.7 Å². The van der Waals surface area contributed by atoms with Crippen LogP contribution >= 0.6 is 0 Å². The lowest BCUT2D eigenvalue weighted by molar-refractivity contribution is -0.120. The number of carbonyl (C=O) groups excluding carboxylic acids is 1. The maximum absolute atomic E-state index is 11.6. The van der Waals surface area contributed by atoms with Crippen molar-refractivity contribution in [1.29, 1.82) is 0 Å². The lowest BCUT2D eigenvalue weighted by Crippen LogP contribution is -2.11. The zero-order chi connectivity index (χ0) is 22.5. The van der Waals surface area contributed by atoms with Crippen LogP contribution in [0.25, 0.3) is 0 Å². The van der Waals surface area contributed by atoms with Crippen molar-refractivity contribution in [2.75, 3.05) is 39.6 Å². The molecule has 0 saturated carbocycles. The minimum Gasteiger partial charge on any atom is -0.381 e. The van der Waals surface area contributed by atoms with Crippen molar-refractivity contribution in [2.45, 2.75) is 99.7 Å². The molecule has 176 valence electrons. The van der Waals surface area contributed by atoms with Crippen molar-refractivity contribution >= 4 is 5.78 Å². The molecule has 0 aliphatic carbocycles. The molecule has 0 aliphatic rings.